The third-order valence-electron chi connectivity index (χ3n) is 4.63. The van der Waals surface area contributed by atoms with E-state index in [0.29, 0.717) is 43.2 Å². The quantitative estimate of drug-likeness (QED) is 0.197. The first-order valence-corrected chi connectivity index (χ1v) is 10.8. The van der Waals surface area contributed by atoms with Crippen LogP contribution in [-0.4, -0.2) is 29.8 Å². The average molecular weight is 565 g/mol. The molecule has 2 heterocycles. The van der Waals surface area contributed by atoms with Crippen LogP contribution in [0, 0.1) is 0 Å². The van der Waals surface area contributed by atoms with Gasteiger partial charge in [0.15, 0.2) is 11.7 Å². The second kappa shape index (κ2) is 13.7. The minimum atomic E-state index is 0. The van der Waals surface area contributed by atoms with Crippen molar-refractivity contribution in [2.75, 3.05) is 13.7 Å². The van der Waals surface area contributed by atoms with Crippen molar-refractivity contribution in [2.24, 2.45) is 4.99 Å². The van der Waals surface area contributed by atoms with Crippen LogP contribution < -0.4 is 20.1 Å². The van der Waals surface area contributed by atoms with Gasteiger partial charge < -0.3 is 24.6 Å². The molecular formula is C24H32IN5O3. The number of nitrogens with zero attached hydrogens (tertiary/aromatic N) is 3. The van der Waals surface area contributed by atoms with Gasteiger partial charge in [-0.2, -0.15) is 0 Å². The highest BCUT2D eigenvalue weighted by Crippen LogP contribution is 2.25. The first-order valence-electron chi connectivity index (χ1n) is 10.8. The molecule has 0 aliphatic carbocycles. The van der Waals surface area contributed by atoms with Crippen LogP contribution in [0.1, 0.15) is 50.1 Å². The number of halogens is 1. The lowest BCUT2D eigenvalue weighted by Crippen LogP contribution is -2.36. The zero-order chi connectivity index (χ0) is 22.8. The normalized spacial score (nSPS) is 11.1. The van der Waals surface area contributed by atoms with Gasteiger partial charge in [-0.3, -0.25) is 4.99 Å². The second-order valence-electron chi connectivity index (χ2n) is 7.54. The van der Waals surface area contributed by atoms with Crippen molar-refractivity contribution in [1.82, 2.24) is 20.8 Å². The highest BCUT2D eigenvalue weighted by Gasteiger charge is 2.10. The molecule has 0 fully saturated rings. The Morgan fingerprint density at radius 3 is 2.48 bits per heavy atom. The largest absolute Gasteiger partial charge is 0.494 e. The fourth-order valence-corrected chi connectivity index (χ4v) is 2.84. The molecule has 3 rings (SSSR count). The summed E-state index contributed by atoms with van der Waals surface area (Å²) in [5.41, 5.74) is 1.84. The zero-order valence-corrected chi connectivity index (χ0v) is 21.8. The number of benzene rings is 1. The molecule has 2 N–H and O–H groups in total. The van der Waals surface area contributed by atoms with Crippen LogP contribution in [-0.2, 0) is 13.1 Å². The molecule has 178 valence electrons. The summed E-state index contributed by atoms with van der Waals surface area (Å²) < 4.78 is 17.0. The Morgan fingerprint density at radius 2 is 1.82 bits per heavy atom. The highest BCUT2D eigenvalue weighted by atomic mass is 127. The van der Waals surface area contributed by atoms with Gasteiger partial charge in [0.1, 0.15) is 11.5 Å². The Bertz CT molecular complexity index is 1010. The standard InChI is InChI=1S/C24H31N5O3.HI/c1-5-13-30-19-8-10-20(11-9-19)31-23-18(7-6-12-26-23)15-27-24(25-4)28-16-21-14-22(17(2)3)29-32-21;/h6-12,14,17H,5,13,15-16H2,1-4H3,(H2,25,27,28);1H. The lowest BCUT2D eigenvalue weighted by molar-refractivity contribution is 0.317. The Hall–Kier alpha value is -2.82. The Balaban J connectivity index is 0.00000385. The van der Waals surface area contributed by atoms with Crippen LogP contribution in [0.5, 0.6) is 17.4 Å². The van der Waals surface area contributed by atoms with E-state index >= 15 is 0 Å². The van der Waals surface area contributed by atoms with E-state index in [9.17, 15) is 0 Å². The van der Waals surface area contributed by atoms with E-state index < -0.39 is 0 Å². The van der Waals surface area contributed by atoms with E-state index in [2.05, 4.69) is 46.5 Å². The third kappa shape index (κ3) is 8.23. The van der Waals surface area contributed by atoms with Gasteiger partial charge in [0, 0.05) is 31.4 Å². The van der Waals surface area contributed by atoms with Crippen LogP contribution in [0.15, 0.2) is 58.2 Å². The topological polar surface area (TPSA) is 93.8 Å². The summed E-state index contributed by atoms with van der Waals surface area (Å²) in [5, 5.41) is 10.6. The number of rotatable bonds is 10. The summed E-state index contributed by atoms with van der Waals surface area (Å²) >= 11 is 0. The maximum absolute atomic E-state index is 6.00. The summed E-state index contributed by atoms with van der Waals surface area (Å²) in [6.07, 6.45) is 2.68. The molecule has 0 unspecified atom stereocenters. The number of hydrogen-bond donors (Lipinski definition) is 2. The van der Waals surface area contributed by atoms with E-state index in [-0.39, 0.29) is 24.0 Å². The van der Waals surface area contributed by atoms with Gasteiger partial charge in [-0.15, -0.1) is 24.0 Å². The number of pyridine rings is 1. The van der Waals surface area contributed by atoms with Gasteiger partial charge in [-0.05, 0) is 42.7 Å². The maximum Gasteiger partial charge on any atom is 0.224 e. The van der Waals surface area contributed by atoms with Crippen molar-refractivity contribution < 1.29 is 14.0 Å². The maximum atomic E-state index is 6.00. The van der Waals surface area contributed by atoms with E-state index in [4.69, 9.17) is 14.0 Å². The van der Waals surface area contributed by atoms with Gasteiger partial charge in [0.05, 0.1) is 18.8 Å². The lowest BCUT2D eigenvalue weighted by atomic mass is 10.1. The molecule has 0 aliphatic rings. The second-order valence-corrected chi connectivity index (χ2v) is 7.54. The molecule has 0 aliphatic heterocycles. The van der Waals surface area contributed by atoms with Crippen LogP contribution in [0.25, 0.3) is 0 Å². The Labute approximate surface area is 212 Å². The minimum Gasteiger partial charge on any atom is -0.494 e. The van der Waals surface area contributed by atoms with Crippen molar-refractivity contribution >= 4 is 29.9 Å². The average Bonchev–Trinajstić information content (AvgIpc) is 3.29. The summed E-state index contributed by atoms with van der Waals surface area (Å²) in [5.74, 6) is 3.78. The van der Waals surface area contributed by atoms with Crippen LogP contribution >= 0.6 is 24.0 Å². The van der Waals surface area contributed by atoms with E-state index in [0.717, 1.165) is 29.2 Å². The first kappa shape index (κ1) is 26.4. The van der Waals surface area contributed by atoms with E-state index in [1.165, 1.54) is 0 Å². The smallest absolute Gasteiger partial charge is 0.224 e. The van der Waals surface area contributed by atoms with Crippen LogP contribution in [0.3, 0.4) is 0 Å². The molecular weight excluding hydrogens is 533 g/mol. The Morgan fingerprint density at radius 1 is 1.09 bits per heavy atom. The van der Waals surface area contributed by atoms with Crippen molar-refractivity contribution in [3.8, 4) is 17.4 Å². The Kier molecular flexibility index (Phi) is 10.9. The number of hydrogen-bond acceptors (Lipinski definition) is 6. The number of aromatic nitrogens is 2. The molecule has 0 radical (unpaired) electrons. The van der Waals surface area contributed by atoms with Crippen molar-refractivity contribution in [3.05, 3.63) is 65.7 Å². The summed E-state index contributed by atoms with van der Waals surface area (Å²) in [6, 6.07) is 13.3. The molecule has 0 saturated heterocycles. The van der Waals surface area contributed by atoms with Crippen LogP contribution in [0.2, 0.25) is 0 Å². The van der Waals surface area contributed by atoms with Crippen molar-refractivity contribution in [1.29, 1.82) is 0 Å². The summed E-state index contributed by atoms with van der Waals surface area (Å²) in [7, 11) is 1.72. The number of nitrogens with one attached hydrogen (secondary N) is 2. The van der Waals surface area contributed by atoms with Gasteiger partial charge in [-0.1, -0.05) is 32.0 Å². The fraction of sp³-hybridized carbons (Fsp3) is 0.375. The molecule has 33 heavy (non-hydrogen) atoms. The van der Waals surface area contributed by atoms with Crippen molar-refractivity contribution in [3.63, 3.8) is 0 Å². The number of aliphatic imine (C=N–C) groups is 1. The summed E-state index contributed by atoms with van der Waals surface area (Å²) in [4.78, 5) is 8.65. The molecule has 0 amide bonds. The molecule has 9 heteroatoms. The highest BCUT2D eigenvalue weighted by molar-refractivity contribution is 14.0. The molecule has 3 aromatic rings. The molecule has 0 bridgehead atoms. The van der Waals surface area contributed by atoms with Crippen LogP contribution in [0.4, 0.5) is 0 Å². The SMILES string of the molecule is CCCOc1ccc(Oc2ncccc2CNC(=NC)NCc2cc(C(C)C)no2)cc1.I. The zero-order valence-electron chi connectivity index (χ0n) is 19.5. The van der Waals surface area contributed by atoms with Crippen molar-refractivity contribution in [2.45, 2.75) is 46.2 Å². The molecule has 0 spiro atoms. The molecule has 8 nitrogen and oxygen atoms in total. The van der Waals surface area contributed by atoms with Gasteiger partial charge in [0.2, 0.25) is 5.88 Å². The predicted molar refractivity (Wildman–Crippen MR) is 140 cm³/mol. The molecule has 1 aromatic carbocycles. The van der Waals surface area contributed by atoms with E-state index in [1.807, 2.05) is 42.5 Å². The van der Waals surface area contributed by atoms with Gasteiger partial charge in [-0.25, -0.2) is 4.98 Å². The number of ether oxygens (including phenoxy) is 2. The first-order chi connectivity index (χ1) is 15.6. The van der Waals surface area contributed by atoms with E-state index in [1.54, 1.807) is 13.2 Å². The third-order valence-corrected chi connectivity index (χ3v) is 4.63. The molecule has 2 aromatic heterocycles. The van der Waals surface area contributed by atoms with Gasteiger partial charge >= 0.3 is 0 Å². The molecule has 0 atom stereocenters. The van der Waals surface area contributed by atoms with Gasteiger partial charge in [0.25, 0.3) is 0 Å². The fourth-order valence-electron chi connectivity index (χ4n) is 2.84. The number of guanidine groups is 1. The minimum absolute atomic E-state index is 0. The monoisotopic (exact) mass is 565 g/mol. The summed E-state index contributed by atoms with van der Waals surface area (Å²) in [6.45, 7) is 7.92. The molecule has 0 saturated carbocycles. The lowest BCUT2D eigenvalue weighted by Gasteiger charge is -2.13. The predicted octanol–water partition coefficient (Wildman–Crippen LogP) is 5.26.